The van der Waals surface area contributed by atoms with Gasteiger partial charge in [0, 0.05) is 0 Å². The van der Waals surface area contributed by atoms with Gasteiger partial charge in [0.2, 0.25) is 0 Å². The molecule has 0 saturated heterocycles. The van der Waals surface area contributed by atoms with Crippen LogP contribution in [0.5, 0.6) is 0 Å². The predicted molar refractivity (Wildman–Crippen MR) is 50.5 cm³/mol. The standard InChI is InChI=1S/C11H18/c1-10(2)6-9-11(3)7-4-5-8-11/h4-6H,7-9H2,1-3H3. The van der Waals surface area contributed by atoms with Crippen molar-refractivity contribution >= 4 is 0 Å². The lowest BCUT2D eigenvalue weighted by Gasteiger charge is -2.21. The number of hydrogen-bond donors (Lipinski definition) is 0. The van der Waals surface area contributed by atoms with Crippen LogP contribution < -0.4 is 0 Å². The first-order chi connectivity index (χ1) is 5.12. The molecule has 0 aromatic carbocycles. The second-order valence-corrected chi connectivity index (χ2v) is 4.18. The van der Waals surface area contributed by atoms with Gasteiger partial charge in [0.15, 0.2) is 0 Å². The summed E-state index contributed by atoms with van der Waals surface area (Å²) in [5.41, 5.74) is 1.98. The molecule has 0 aliphatic heterocycles. The highest BCUT2D eigenvalue weighted by Gasteiger charge is 2.23. The third kappa shape index (κ3) is 2.53. The largest absolute Gasteiger partial charge is 0.0880 e. The first kappa shape index (κ1) is 8.58. The van der Waals surface area contributed by atoms with Crippen LogP contribution in [0.15, 0.2) is 23.8 Å². The van der Waals surface area contributed by atoms with E-state index in [-0.39, 0.29) is 0 Å². The summed E-state index contributed by atoms with van der Waals surface area (Å²) in [4.78, 5) is 0. The maximum absolute atomic E-state index is 2.37. The van der Waals surface area contributed by atoms with Gasteiger partial charge in [-0.15, -0.1) is 0 Å². The van der Waals surface area contributed by atoms with Gasteiger partial charge in [-0.2, -0.15) is 0 Å². The Morgan fingerprint density at radius 1 is 1.36 bits per heavy atom. The van der Waals surface area contributed by atoms with Crippen LogP contribution in [0.3, 0.4) is 0 Å². The van der Waals surface area contributed by atoms with E-state index in [0.717, 1.165) is 0 Å². The molecule has 0 heterocycles. The normalized spacial score (nSPS) is 20.3. The van der Waals surface area contributed by atoms with Crippen LogP contribution >= 0.6 is 0 Å². The highest BCUT2D eigenvalue weighted by Crippen LogP contribution is 2.36. The van der Waals surface area contributed by atoms with Crippen molar-refractivity contribution in [2.24, 2.45) is 5.41 Å². The van der Waals surface area contributed by atoms with E-state index in [1.54, 1.807) is 0 Å². The van der Waals surface area contributed by atoms with E-state index in [4.69, 9.17) is 0 Å². The Hall–Kier alpha value is -0.520. The summed E-state index contributed by atoms with van der Waals surface area (Å²) in [6.45, 7) is 6.71. The number of allylic oxidation sites excluding steroid dienone is 4. The minimum atomic E-state index is 0.539. The fourth-order valence-electron chi connectivity index (χ4n) is 1.44. The van der Waals surface area contributed by atoms with Gasteiger partial charge in [0.1, 0.15) is 0 Å². The Morgan fingerprint density at radius 3 is 2.36 bits per heavy atom. The van der Waals surface area contributed by atoms with Crippen molar-refractivity contribution in [3.8, 4) is 0 Å². The molecule has 0 amide bonds. The Bertz CT molecular complexity index is 172. The smallest absolute Gasteiger partial charge is 0.0222 e. The van der Waals surface area contributed by atoms with Crippen LogP contribution in [0.2, 0.25) is 0 Å². The first-order valence-electron chi connectivity index (χ1n) is 4.41. The molecular weight excluding hydrogens is 132 g/mol. The SMILES string of the molecule is CC(C)=CCC1(C)CC=CC1. The van der Waals surface area contributed by atoms with Gasteiger partial charge in [-0.05, 0) is 38.5 Å². The molecule has 0 radical (unpaired) electrons. The molecule has 0 saturated carbocycles. The molecule has 62 valence electrons. The second-order valence-electron chi connectivity index (χ2n) is 4.18. The molecule has 0 bridgehead atoms. The summed E-state index contributed by atoms with van der Waals surface area (Å²) in [5, 5.41) is 0. The highest BCUT2D eigenvalue weighted by atomic mass is 14.3. The quantitative estimate of drug-likeness (QED) is 0.526. The first-order valence-corrected chi connectivity index (χ1v) is 4.41. The molecule has 0 spiro atoms. The third-order valence-electron chi connectivity index (χ3n) is 2.39. The van der Waals surface area contributed by atoms with Crippen LogP contribution in [0.4, 0.5) is 0 Å². The van der Waals surface area contributed by atoms with Gasteiger partial charge in [-0.1, -0.05) is 30.7 Å². The molecule has 1 rings (SSSR count). The summed E-state index contributed by atoms with van der Waals surface area (Å²) >= 11 is 0. The van der Waals surface area contributed by atoms with Crippen molar-refractivity contribution in [1.82, 2.24) is 0 Å². The van der Waals surface area contributed by atoms with Gasteiger partial charge < -0.3 is 0 Å². The fourth-order valence-corrected chi connectivity index (χ4v) is 1.44. The van der Waals surface area contributed by atoms with Crippen LogP contribution in [0, 0.1) is 5.41 Å². The summed E-state index contributed by atoms with van der Waals surface area (Å²) in [6, 6.07) is 0. The molecule has 0 N–H and O–H groups in total. The van der Waals surface area contributed by atoms with Crippen molar-refractivity contribution in [1.29, 1.82) is 0 Å². The van der Waals surface area contributed by atoms with E-state index in [9.17, 15) is 0 Å². The minimum absolute atomic E-state index is 0.539. The lowest BCUT2D eigenvalue weighted by Crippen LogP contribution is -2.09. The maximum atomic E-state index is 2.37. The topological polar surface area (TPSA) is 0 Å². The van der Waals surface area contributed by atoms with Crippen LogP contribution in [-0.2, 0) is 0 Å². The van der Waals surface area contributed by atoms with E-state index in [2.05, 4.69) is 39.0 Å². The molecule has 0 aromatic rings. The third-order valence-corrected chi connectivity index (χ3v) is 2.39. The zero-order valence-electron chi connectivity index (χ0n) is 7.85. The zero-order valence-corrected chi connectivity index (χ0v) is 7.85. The fraction of sp³-hybridized carbons (Fsp3) is 0.636. The van der Waals surface area contributed by atoms with Crippen molar-refractivity contribution in [2.75, 3.05) is 0 Å². The van der Waals surface area contributed by atoms with E-state index in [1.165, 1.54) is 24.8 Å². The lowest BCUT2D eigenvalue weighted by molar-refractivity contribution is 0.357. The summed E-state index contributed by atoms with van der Waals surface area (Å²) in [5.74, 6) is 0. The molecule has 0 fully saturated rings. The Labute approximate surface area is 70.0 Å². The van der Waals surface area contributed by atoms with E-state index in [0.29, 0.717) is 5.41 Å². The molecule has 0 heteroatoms. The maximum Gasteiger partial charge on any atom is -0.0222 e. The Balaban J connectivity index is 2.42. The average molecular weight is 150 g/mol. The molecule has 1 aliphatic rings. The molecule has 0 atom stereocenters. The lowest BCUT2D eigenvalue weighted by atomic mass is 9.84. The molecule has 0 unspecified atom stereocenters. The van der Waals surface area contributed by atoms with Crippen molar-refractivity contribution in [2.45, 2.75) is 40.0 Å². The summed E-state index contributed by atoms with van der Waals surface area (Å²) in [7, 11) is 0. The van der Waals surface area contributed by atoms with Gasteiger partial charge in [-0.25, -0.2) is 0 Å². The van der Waals surface area contributed by atoms with Gasteiger partial charge in [0.05, 0.1) is 0 Å². The van der Waals surface area contributed by atoms with Crippen LogP contribution in [0.25, 0.3) is 0 Å². The van der Waals surface area contributed by atoms with E-state index in [1.807, 2.05) is 0 Å². The van der Waals surface area contributed by atoms with Gasteiger partial charge in [-0.3, -0.25) is 0 Å². The molecule has 0 aromatic heterocycles. The zero-order chi connectivity index (χ0) is 8.32. The van der Waals surface area contributed by atoms with Crippen LogP contribution in [0.1, 0.15) is 40.0 Å². The molecule has 0 nitrogen and oxygen atoms in total. The van der Waals surface area contributed by atoms with E-state index < -0.39 is 0 Å². The number of hydrogen-bond acceptors (Lipinski definition) is 0. The van der Waals surface area contributed by atoms with Crippen molar-refractivity contribution < 1.29 is 0 Å². The Morgan fingerprint density at radius 2 is 1.91 bits per heavy atom. The minimum Gasteiger partial charge on any atom is -0.0880 e. The van der Waals surface area contributed by atoms with Gasteiger partial charge in [0.25, 0.3) is 0 Å². The highest BCUT2D eigenvalue weighted by molar-refractivity contribution is 5.05. The molecule has 11 heavy (non-hydrogen) atoms. The Kier molecular flexibility index (Phi) is 2.53. The summed E-state index contributed by atoms with van der Waals surface area (Å²) in [6.07, 6.45) is 10.7. The van der Waals surface area contributed by atoms with Crippen LogP contribution in [-0.4, -0.2) is 0 Å². The number of rotatable bonds is 2. The van der Waals surface area contributed by atoms with Crippen molar-refractivity contribution in [3.63, 3.8) is 0 Å². The average Bonchev–Trinajstić information content (AvgIpc) is 2.33. The van der Waals surface area contributed by atoms with E-state index >= 15 is 0 Å². The second kappa shape index (κ2) is 3.25. The monoisotopic (exact) mass is 150 g/mol. The summed E-state index contributed by atoms with van der Waals surface area (Å²) < 4.78 is 0. The molecule has 1 aliphatic carbocycles. The predicted octanol–water partition coefficient (Wildman–Crippen LogP) is 3.70. The molecular formula is C11H18. The van der Waals surface area contributed by atoms with Crippen molar-refractivity contribution in [3.05, 3.63) is 23.8 Å². The van der Waals surface area contributed by atoms with Gasteiger partial charge >= 0.3 is 0 Å².